The number of urea groups is 1. The monoisotopic (exact) mass is 444 g/mol. The Morgan fingerprint density at radius 2 is 1.62 bits per heavy atom. The van der Waals surface area contributed by atoms with E-state index < -0.39 is 21.3 Å². The predicted octanol–water partition coefficient (Wildman–Crippen LogP) is 2.61. The van der Waals surface area contributed by atoms with Gasteiger partial charge in [-0.1, -0.05) is 19.9 Å². The molecule has 155 valence electrons. The second-order valence-corrected chi connectivity index (χ2v) is 10.3. The maximum absolute atomic E-state index is 12.6. The van der Waals surface area contributed by atoms with Crippen molar-refractivity contribution in [3.8, 4) is 0 Å². The van der Waals surface area contributed by atoms with Gasteiger partial charge in [0.2, 0.25) is 10.0 Å². The third-order valence-electron chi connectivity index (χ3n) is 6.72. The van der Waals surface area contributed by atoms with E-state index in [2.05, 4.69) is 34.9 Å². The molecule has 1 aromatic rings. The van der Waals surface area contributed by atoms with Crippen LogP contribution in [0.25, 0.3) is 0 Å². The number of nitrogens with zero attached hydrogens (tertiary/aromatic N) is 1. The van der Waals surface area contributed by atoms with Gasteiger partial charge in [-0.15, -0.1) is 0 Å². The number of sulfonamides is 1. The number of carbonyl (C=O) groups excluding carboxylic acids is 1. The topological polar surface area (TPSA) is 78.5 Å². The van der Waals surface area contributed by atoms with E-state index in [-0.39, 0.29) is 51.4 Å². The fourth-order valence-corrected chi connectivity index (χ4v) is 6.34. The summed E-state index contributed by atoms with van der Waals surface area (Å²) >= 11 is 0. The first-order chi connectivity index (χ1) is 13.4. The van der Waals surface area contributed by atoms with Gasteiger partial charge in [0, 0.05) is 76.2 Å². The van der Waals surface area contributed by atoms with Crippen molar-refractivity contribution < 1.29 is 13.2 Å². The van der Waals surface area contributed by atoms with Gasteiger partial charge in [0.05, 0.1) is 0 Å². The van der Waals surface area contributed by atoms with E-state index in [0.29, 0.717) is 19.1 Å². The number of likely N-dealkylation sites (tertiary alicyclic amines) is 1. The first-order valence-electron chi connectivity index (χ1n) is 10.7. The van der Waals surface area contributed by atoms with Crippen molar-refractivity contribution in [3.63, 3.8) is 0 Å². The minimum atomic E-state index is -3.66. The number of hydrogen-bond donors (Lipinski definition) is 2. The summed E-state index contributed by atoms with van der Waals surface area (Å²) in [4.78, 5) is 14.8. The van der Waals surface area contributed by atoms with Gasteiger partial charge in [-0.05, 0) is 73.6 Å². The SMILES string of the molecule is CCC(CC)N1CC(S(=O)(=O)NC(=O)Nc2c3c(cc4c2CCC4)CCC3)C1.[K]. The normalized spacial score (nSPS) is 18.7. The molecular weight excluding hydrogens is 413 g/mol. The molecule has 0 unspecified atom stereocenters. The van der Waals surface area contributed by atoms with E-state index in [0.717, 1.165) is 57.1 Å². The van der Waals surface area contributed by atoms with E-state index in [1.54, 1.807) is 0 Å². The van der Waals surface area contributed by atoms with Gasteiger partial charge in [-0.3, -0.25) is 4.90 Å². The summed E-state index contributed by atoms with van der Waals surface area (Å²) in [6.07, 6.45) is 8.23. The van der Waals surface area contributed by atoms with Crippen molar-refractivity contribution in [2.75, 3.05) is 18.4 Å². The molecule has 6 nitrogen and oxygen atoms in total. The zero-order valence-electron chi connectivity index (χ0n) is 17.9. The van der Waals surface area contributed by atoms with Crippen molar-refractivity contribution in [3.05, 3.63) is 28.3 Å². The molecule has 0 atom stereocenters. The standard InChI is InChI=1S/C21H31N3O3S.K/c1-3-16(4-2)24-12-17(13-24)28(26,27)23-21(25)22-20-18-9-5-7-14(18)11-15-8-6-10-19(15)20;/h11,16-17H,3-10,12-13H2,1-2H3,(H2,22,23,25);. The van der Waals surface area contributed by atoms with Crippen LogP contribution >= 0.6 is 0 Å². The van der Waals surface area contributed by atoms with E-state index in [1.807, 2.05) is 0 Å². The van der Waals surface area contributed by atoms with Crippen LogP contribution in [0.15, 0.2) is 6.07 Å². The molecule has 1 heterocycles. The van der Waals surface area contributed by atoms with Crippen LogP contribution in [0.5, 0.6) is 0 Å². The second-order valence-electron chi connectivity index (χ2n) is 8.38. The predicted molar refractivity (Wildman–Crippen MR) is 117 cm³/mol. The number of aryl methyl sites for hydroxylation is 2. The van der Waals surface area contributed by atoms with Gasteiger partial charge in [0.25, 0.3) is 0 Å². The largest absolute Gasteiger partial charge is 0.332 e. The molecule has 4 rings (SSSR count). The molecule has 2 aliphatic carbocycles. The molecular formula is C21H31KN3O3S. The van der Waals surface area contributed by atoms with Crippen LogP contribution in [0.1, 0.15) is 61.8 Å². The molecule has 3 aliphatic rings. The van der Waals surface area contributed by atoms with Crippen molar-refractivity contribution in [2.45, 2.75) is 76.5 Å². The summed E-state index contributed by atoms with van der Waals surface area (Å²) in [5.41, 5.74) is 5.92. The Labute approximate surface area is 217 Å². The van der Waals surface area contributed by atoms with Crippen molar-refractivity contribution in [2.24, 2.45) is 0 Å². The summed E-state index contributed by atoms with van der Waals surface area (Å²) in [6, 6.07) is 2.11. The minimum absolute atomic E-state index is 0. The molecule has 2 amide bonds. The van der Waals surface area contributed by atoms with Gasteiger partial charge in [0.15, 0.2) is 0 Å². The molecule has 1 aliphatic heterocycles. The molecule has 0 saturated carbocycles. The molecule has 8 heteroatoms. The number of amides is 2. The van der Waals surface area contributed by atoms with E-state index in [9.17, 15) is 13.2 Å². The Morgan fingerprint density at radius 1 is 1.07 bits per heavy atom. The number of benzene rings is 1. The fourth-order valence-electron chi connectivity index (χ4n) is 5.09. The van der Waals surface area contributed by atoms with Crippen LogP contribution in [0.3, 0.4) is 0 Å². The number of anilines is 1. The van der Waals surface area contributed by atoms with Crippen LogP contribution < -0.4 is 10.0 Å². The van der Waals surface area contributed by atoms with Gasteiger partial charge in [-0.2, -0.15) is 0 Å². The molecule has 2 N–H and O–H groups in total. The maximum atomic E-state index is 12.6. The Kier molecular flexibility index (Phi) is 7.90. The van der Waals surface area contributed by atoms with Crippen molar-refractivity contribution in [1.82, 2.24) is 9.62 Å². The van der Waals surface area contributed by atoms with Gasteiger partial charge < -0.3 is 5.32 Å². The van der Waals surface area contributed by atoms with Gasteiger partial charge in [0.1, 0.15) is 5.25 Å². The number of hydrogen-bond acceptors (Lipinski definition) is 4. The summed E-state index contributed by atoms with van der Waals surface area (Å²) in [6.45, 7) is 5.26. The third-order valence-corrected chi connectivity index (χ3v) is 8.37. The molecule has 29 heavy (non-hydrogen) atoms. The fraction of sp³-hybridized carbons (Fsp3) is 0.667. The molecule has 0 aromatic heterocycles. The first kappa shape index (κ1) is 23.7. The van der Waals surface area contributed by atoms with Crippen LogP contribution in [0, 0.1) is 0 Å². The van der Waals surface area contributed by atoms with Crippen molar-refractivity contribution in [1.29, 1.82) is 0 Å². The summed E-state index contributed by atoms with van der Waals surface area (Å²) in [5, 5.41) is 2.41. The van der Waals surface area contributed by atoms with E-state index in [1.165, 1.54) is 22.3 Å². The third kappa shape index (κ3) is 4.78. The molecule has 0 bridgehead atoms. The average molecular weight is 445 g/mol. The Bertz CT molecular complexity index is 845. The number of rotatable bonds is 6. The molecule has 1 aromatic carbocycles. The first-order valence-corrected chi connectivity index (χ1v) is 12.2. The van der Waals surface area contributed by atoms with Gasteiger partial charge in [-0.25, -0.2) is 17.9 Å². The molecule has 0 spiro atoms. The molecule has 1 fully saturated rings. The van der Waals surface area contributed by atoms with Crippen LogP contribution in [0.4, 0.5) is 10.5 Å². The molecule has 1 saturated heterocycles. The van der Waals surface area contributed by atoms with Crippen molar-refractivity contribution >= 4 is 73.1 Å². The Hall–Kier alpha value is 0.0364. The summed E-state index contributed by atoms with van der Waals surface area (Å²) in [7, 11) is -3.66. The van der Waals surface area contributed by atoms with Crippen LogP contribution in [-0.2, 0) is 35.7 Å². The summed E-state index contributed by atoms with van der Waals surface area (Å²) < 4.78 is 27.5. The Morgan fingerprint density at radius 3 is 2.14 bits per heavy atom. The summed E-state index contributed by atoms with van der Waals surface area (Å²) in [5.74, 6) is 0. The maximum Gasteiger partial charge on any atom is 0.332 e. The average Bonchev–Trinajstić information content (AvgIpc) is 3.25. The van der Waals surface area contributed by atoms with Crippen LogP contribution in [-0.4, -0.2) is 95.1 Å². The zero-order chi connectivity index (χ0) is 19.9. The Balaban J connectivity index is 0.00000240. The molecule has 1 radical (unpaired) electrons. The van der Waals surface area contributed by atoms with E-state index in [4.69, 9.17) is 0 Å². The minimum Gasteiger partial charge on any atom is -0.307 e. The number of carbonyl (C=O) groups is 1. The second kappa shape index (κ2) is 9.67. The number of fused-ring (bicyclic) bond motifs is 2. The smallest absolute Gasteiger partial charge is 0.307 e. The van der Waals surface area contributed by atoms with Crippen LogP contribution in [0.2, 0.25) is 0 Å². The zero-order valence-corrected chi connectivity index (χ0v) is 21.8. The van der Waals surface area contributed by atoms with E-state index >= 15 is 0 Å². The van der Waals surface area contributed by atoms with Gasteiger partial charge >= 0.3 is 6.03 Å². The number of nitrogens with one attached hydrogen (secondary N) is 2. The quantitative estimate of drug-likeness (QED) is 0.661.